The zero-order valence-corrected chi connectivity index (χ0v) is 22.2. The lowest BCUT2D eigenvalue weighted by Crippen LogP contribution is -1.97. The van der Waals surface area contributed by atoms with Crippen LogP contribution in [0.3, 0.4) is 0 Å². The summed E-state index contributed by atoms with van der Waals surface area (Å²) in [6.07, 6.45) is 28.2. The molecule has 3 nitrogen and oxygen atoms in total. The van der Waals surface area contributed by atoms with Crippen molar-refractivity contribution in [3.63, 3.8) is 0 Å². The lowest BCUT2D eigenvalue weighted by atomic mass is 10.1. The summed E-state index contributed by atoms with van der Waals surface area (Å²) < 4.78 is 5.78. The number of rotatable bonds is 22. The van der Waals surface area contributed by atoms with E-state index < -0.39 is 0 Å². The Morgan fingerprint density at radius 1 is 0.424 bits per heavy atom. The molecule has 1 aromatic rings. The van der Waals surface area contributed by atoms with Crippen LogP contribution in [0, 0.1) is 0 Å². The van der Waals surface area contributed by atoms with Crippen LogP contribution in [-0.2, 0) is 4.74 Å². The number of aromatic hydroxyl groups is 2. The number of unbranched alkanes of at least 4 members (excludes halogenated alkanes) is 18. The van der Waals surface area contributed by atoms with Gasteiger partial charge >= 0.3 is 0 Å². The van der Waals surface area contributed by atoms with Crippen LogP contribution in [0.4, 0.5) is 0 Å². The molecule has 0 aliphatic rings. The van der Waals surface area contributed by atoms with Crippen molar-refractivity contribution in [1.29, 1.82) is 0 Å². The maximum atomic E-state index is 8.65. The van der Waals surface area contributed by atoms with E-state index in [-0.39, 0.29) is 11.5 Å². The third-order valence-electron chi connectivity index (χ3n) is 6.13. The van der Waals surface area contributed by atoms with Crippen molar-refractivity contribution < 1.29 is 14.9 Å². The number of phenolic OH excluding ortho intramolecular Hbond substituents is 2. The van der Waals surface area contributed by atoms with Gasteiger partial charge in [-0.2, -0.15) is 0 Å². The highest BCUT2D eigenvalue weighted by molar-refractivity contribution is 5.28. The van der Waals surface area contributed by atoms with Crippen molar-refractivity contribution in [1.82, 2.24) is 0 Å². The summed E-state index contributed by atoms with van der Waals surface area (Å²) in [6, 6.07) is 5.70. The van der Waals surface area contributed by atoms with E-state index >= 15 is 0 Å². The van der Waals surface area contributed by atoms with Gasteiger partial charge in [0.15, 0.2) is 0 Å². The molecule has 0 atom stereocenters. The molecule has 194 valence electrons. The molecule has 0 bridgehead atoms. The summed E-state index contributed by atoms with van der Waals surface area (Å²) in [4.78, 5) is 0. The molecular formula is C30H56O3. The second-order valence-corrected chi connectivity index (χ2v) is 9.49. The second kappa shape index (κ2) is 27.0. The van der Waals surface area contributed by atoms with Gasteiger partial charge < -0.3 is 14.9 Å². The first-order valence-corrected chi connectivity index (χ1v) is 14.3. The minimum atomic E-state index is 0.169. The SMILES string of the molecule is CCCCCCCCCCCCOCCCCCCCCCCCC.Oc1ccc(O)cc1. The third kappa shape index (κ3) is 26.9. The fourth-order valence-electron chi connectivity index (χ4n) is 3.94. The van der Waals surface area contributed by atoms with Gasteiger partial charge in [0.25, 0.3) is 0 Å². The minimum absolute atomic E-state index is 0.169. The summed E-state index contributed by atoms with van der Waals surface area (Å²) in [7, 11) is 0. The number of benzene rings is 1. The van der Waals surface area contributed by atoms with Gasteiger partial charge in [-0.05, 0) is 37.1 Å². The fraction of sp³-hybridized carbons (Fsp3) is 0.800. The van der Waals surface area contributed by atoms with Crippen LogP contribution in [-0.4, -0.2) is 23.4 Å². The van der Waals surface area contributed by atoms with Gasteiger partial charge in [-0.1, -0.05) is 129 Å². The van der Waals surface area contributed by atoms with Gasteiger partial charge in [0.05, 0.1) is 0 Å². The number of ether oxygens (including phenoxy) is 1. The number of hydrogen-bond acceptors (Lipinski definition) is 3. The third-order valence-corrected chi connectivity index (χ3v) is 6.13. The van der Waals surface area contributed by atoms with Crippen LogP contribution in [0.1, 0.15) is 142 Å². The van der Waals surface area contributed by atoms with E-state index in [4.69, 9.17) is 14.9 Å². The molecule has 2 N–H and O–H groups in total. The normalized spacial score (nSPS) is 10.7. The molecule has 0 heterocycles. The smallest absolute Gasteiger partial charge is 0.115 e. The van der Waals surface area contributed by atoms with Crippen molar-refractivity contribution >= 4 is 0 Å². The second-order valence-electron chi connectivity index (χ2n) is 9.49. The maximum absolute atomic E-state index is 8.65. The molecule has 0 unspecified atom stereocenters. The molecule has 33 heavy (non-hydrogen) atoms. The molecule has 0 saturated carbocycles. The van der Waals surface area contributed by atoms with Crippen LogP contribution < -0.4 is 0 Å². The van der Waals surface area contributed by atoms with Crippen molar-refractivity contribution in [2.75, 3.05) is 13.2 Å². The molecule has 0 radical (unpaired) electrons. The molecule has 3 heteroatoms. The van der Waals surface area contributed by atoms with E-state index in [0.29, 0.717) is 0 Å². The highest BCUT2D eigenvalue weighted by atomic mass is 16.5. The largest absolute Gasteiger partial charge is 0.508 e. The lowest BCUT2D eigenvalue weighted by molar-refractivity contribution is 0.125. The van der Waals surface area contributed by atoms with E-state index in [1.807, 2.05) is 0 Å². The summed E-state index contributed by atoms with van der Waals surface area (Å²) in [5.74, 6) is 0.339. The van der Waals surface area contributed by atoms with E-state index in [1.165, 1.54) is 153 Å². The van der Waals surface area contributed by atoms with Crippen LogP contribution in [0.5, 0.6) is 11.5 Å². The van der Waals surface area contributed by atoms with Gasteiger partial charge in [0.1, 0.15) is 11.5 Å². The van der Waals surface area contributed by atoms with Crippen LogP contribution >= 0.6 is 0 Å². The molecule has 0 aromatic heterocycles. The monoisotopic (exact) mass is 464 g/mol. The molecule has 0 aliphatic carbocycles. The Morgan fingerprint density at radius 2 is 0.667 bits per heavy atom. The topological polar surface area (TPSA) is 49.7 Å². The van der Waals surface area contributed by atoms with Crippen LogP contribution in [0.25, 0.3) is 0 Å². The van der Waals surface area contributed by atoms with Crippen molar-refractivity contribution in [3.8, 4) is 11.5 Å². The lowest BCUT2D eigenvalue weighted by Gasteiger charge is -2.05. The van der Waals surface area contributed by atoms with Gasteiger partial charge in [-0.15, -0.1) is 0 Å². The van der Waals surface area contributed by atoms with Crippen LogP contribution in [0.15, 0.2) is 24.3 Å². The van der Waals surface area contributed by atoms with Crippen molar-refractivity contribution in [3.05, 3.63) is 24.3 Å². The first kappa shape index (κ1) is 31.8. The standard InChI is InChI=1S/C24H50O.C6H6O2/c1-3-5-7-9-11-13-15-17-19-21-23-25-24-22-20-18-16-14-12-10-8-6-4-2;7-5-1-2-6(8)4-3-5/h3-24H2,1-2H3;1-4,7-8H. The minimum Gasteiger partial charge on any atom is -0.508 e. The van der Waals surface area contributed by atoms with E-state index in [1.54, 1.807) is 0 Å². The zero-order chi connectivity index (χ0) is 24.2. The average Bonchev–Trinajstić information content (AvgIpc) is 2.82. The quantitative estimate of drug-likeness (QED) is 0.132. The predicted octanol–water partition coefficient (Wildman–Crippen LogP) is 9.94. The average molecular weight is 465 g/mol. The Bertz CT molecular complexity index is 429. The van der Waals surface area contributed by atoms with Gasteiger partial charge in [-0.3, -0.25) is 0 Å². The summed E-state index contributed by atoms with van der Waals surface area (Å²) >= 11 is 0. The summed E-state index contributed by atoms with van der Waals surface area (Å²) in [5.41, 5.74) is 0. The Morgan fingerprint density at radius 3 is 0.939 bits per heavy atom. The Hall–Kier alpha value is -1.22. The van der Waals surface area contributed by atoms with E-state index in [2.05, 4.69) is 13.8 Å². The number of phenols is 2. The highest BCUT2D eigenvalue weighted by Gasteiger charge is 1.95. The van der Waals surface area contributed by atoms with E-state index in [0.717, 1.165) is 13.2 Å². The Kier molecular flexibility index (Phi) is 26.0. The molecule has 0 spiro atoms. The molecule has 0 aliphatic heterocycles. The molecule has 0 amide bonds. The predicted molar refractivity (Wildman–Crippen MR) is 144 cm³/mol. The first-order valence-electron chi connectivity index (χ1n) is 14.3. The Labute approximate surface area is 206 Å². The summed E-state index contributed by atoms with van der Waals surface area (Å²) in [6.45, 7) is 6.57. The molecule has 0 saturated heterocycles. The van der Waals surface area contributed by atoms with Gasteiger partial charge in [0.2, 0.25) is 0 Å². The highest BCUT2D eigenvalue weighted by Crippen LogP contribution is 2.13. The molecule has 1 aromatic carbocycles. The molecule has 1 rings (SSSR count). The maximum Gasteiger partial charge on any atom is 0.115 e. The van der Waals surface area contributed by atoms with E-state index in [9.17, 15) is 0 Å². The fourth-order valence-corrected chi connectivity index (χ4v) is 3.94. The zero-order valence-electron chi connectivity index (χ0n) is 22.2. The van der Waals surface area contributed by atoms with Crippen molar-refractivity contribution in [2.45, 2.75) is 142 Å². The van der Waals surface area contributed by atoms with Gasteiger partial charge in [0, 0.05) is 13.2 Å². The van der Waals surface area contributed by atoms with Crippen molar-refractivity contribution in [2.24, 2.45) is 0 Å². The molecular weight excluding hydrogens is 408 g/mol. The molecule has 0 fully saturated rings. The van der Waals surface area contributed by atoms with Crippen LogP contribution in [0.2, 0.25) is 0 Å². The summed E-state index contributed by atoms with van der Waals surface area (Å²) in [5, 5.41) is 17.3. The number of hydrogen-bond donors (Lipinski definition) is 2. The van der Waals surface area contributed by atoms with Gasteiger partial charge in [-0.25, -0.2) is 0 Å². The first-order chi connectivity index (χ1) is 16.2. The Balaban J connectivity index is 0.00000106.